The van der Waals surface area contributed by atoms with Gasteiger partial charge in [0.2, 0.25) is 0 Å². The molecule has 0 aromatic heterocycles. The van der Waals surface area contributed by atoms with Gasteiger partial charge in [-0.2, -0.15) is 0 Å². The number of carbonyl (C=O) groups excluding carboxylic acids is 1. The molecule has 3 aromatic rings. The average Bonchev–Trinajstić information content (AvgIpc) is 2.79. The molecule has 0 bridgehead atoms. The summed E-state index contributed by atoms with van der Waals surface area (Å²) in [6.45, 7) is 1.70. The zero-order valence-electron chi connectivity index (χ0n) is 16.9. The molecular weight excluding hydrogens is 382 g/mol. The number of ether oxygens (including phenoxy) is 4. The van der Waals surface area contributed by atoms with Crippen LogP contribution in [0.5, 0.6) is 17.2 Å². The normalized spacial score (nSPS) is 10.3. The molecule has 156 valence electrons. The number of hydrogen-bond acceptors (Lipinski definition) is 5. The third-order valence-electron chi connectivity index (χ3n) is 4.15. The quantitative estimate of drug-likeness (QED) is 0.477. The van der Waals surface area contributed by atoms with Gasteiger partial charge in [-0.15, -0.1) is 0 Å². The van der Waals surface area contributed by atoms with Crippen molar-refractivity contribution in [1.82, 2.24) is 0 Å². The van der Waals surface area contributed by atoms with Crippen LogP contribution in [0, 0.1) is 0 Å². The van der Waals surface area contributed by atoms with Crippen molar-refractivity contribution >= 4 is 11.6 Å². The Morgan fingerprint density at radius 3 is 2.03 bits per heavy atom. The third-order valence-corrected chi connectivity index (χ3v) is 4.15. The van der Waals surface area contributed by atoms with Crippen LogP contribution >= 0.6 is 0 Å². The molecule has 0 fully saturated rings. The van der Waals surface area contributed by atoms with Gasteiger partial charge in [-0.1, -0.05) is 30.3 Å². The lowest BCUT2D eigenvalue weighted by Gasteiger charge is -2.13. The number of rotatable bonds is 11. The predicted molar refractivity (Wildman–Crippen MR) is 116 cm³/mol. The van der Waals surface area contributed by atoms with Gasteiger partial charge in [0.1, 0.15) is 37.1 Å². The fourth-order valence-corrected chi connectivity index (χ4v) is 2.68. The first-order chi connectivity index (χ1) is 14.8. The van der Waals surface area contributed by atoms with Crippen LogP contribution in [0.3, 0.4) is 0 Å². The summed E-state index contributed by atoms with van der Waals surface area (Å²) >= 11 is 0. The van der Waals surface area contributed by atoms with Gasteiger partial charge in [0.05, 0.1) is 12.2 Å². The number of para-hydroxylation sites is 2. The van der Waals surface area contributed by atoms with E-state index in [0.29, 0.717) is 49.2 Å². The van der Waals surface area contributed by atoms with Crippen LogP contribution in [-0.4, -0.2) is 39.4 Å². The van der Waals surface area contributed by atoms with Crippen LogP contribution in [0.2, 0.25) is 0 Å². The number of methoxy groups -OCH3 is 1. The van der Waals surface area contributed by atoms with E-state index in [0.717, 1.165) is 5.75 Å². The molecule has 0 aliphatic carbocycles. The van der Waals surface area contributed by atoms with Gasteiger partial charge >= 0.3 is 0 Å². The van der Waals surface area contributed by atoms with Gasteiger partial charge in [0.15, 0.2) is 0 Å². The van der Waals surface area contributed by atoms with Crippen molar-refractivity contribution < 1.29 is 23.7 Å². The summed E-state index contributed by atoms with van der Waals surface area (Å²) in [5, 5.41) is 2.88. The largest absolute Gasteiger partial charge is 0.491 e. The fourth-order valence-electron chi connectivity index (χ4n) is 2.68. The van der Waals surface area contributed by atoms with E-state index in [1.54, 1.807) is 49.6 Å². The van der Waals surface area contributed by atoms with Crippen molar-refractivity contribution in [1.29, 1.82) is 0 Å². The van der Waals surface area contributed by atoms with Gasteiger partial charge in [0.25, 0.3) is 5.91 Å². The number of anilines is 1. The monoisotopic (exact) mass is 407 g/mol. The first-order valence-corrected chi connectivity index (χ1v) is 9.69. The first-order valence-electron chi connectivity index (χ1n) is 9.69. The number of hydrogen-bond donors (Lipinski definition) is 1. The zero-order valence-corrected chi connectivity index (χ0v) is 16.9. The Balaban J connectivity index is 1.53. The second-order valence-electron chi connectivity index (χ2n) is 6.33. The van der Waals surface area contributed by atoms with Crippen molar-refractivity contribution in [3.63, 3.8) is 0 Å². The predicted octanol–water partition coefficient (Wildman–Crippen LogP) is 4.42. The van der Waals surface area contributed by atoms with E-state index in [2.05, 4.69) is 5.32 Å². The minimum Gasteiger partial charge on any atom is -0.491 e. The first kappa shape index (κ1) is 21.2. The summed E-state index contributed by atoms with van der Waals surface area (Å²) in [6.07, 6.45) is 0. The summed E-state index contributed by atoms with van der Waals surface area (Å²) in [4.78, 5) is 12.7. The van der Waals surface area contributed by atoms with E-state index in [-0.39, 0.29) is 5.91 Å². The molecule has 0 atom stereocenters. The Kier molecular flexibility index (Phi) is 8.12. The molecule has 0 saturated carbocycles. The Morgan fingerprint density at radius 1 is 0.700 bits per heavy atom. The Hall–Kier alpha value is -3.51. The smallest absolute Gasteiger partial charge is 0.259 e. The lowest BCUT2D eigenvalue weighted by Crippen LogP contribution is -2.15. The van der Waals surface area contributed by atoms with Crippen LogP contribution in [0.4, 0.5) is 5.69 Å². The number of carbonyl (C=O) groups is 1. The van der Waals surface area contributed by atoms with Crippen molar-refractivity contribution in [2.75, 3.05) is 38.9 Å². The summed E-state index contributed by atoms with van der Waals surface area (Å²) < 4.78 is 21.9. The highest BCUT2D eigenvalue weighted by Crippen LogP contribution is 2.21. The van der Waals surface area contributed by atoms with E-state index in [4.69, 9.17) is 18.9 Å². The Bertz CT molecular complexity index is 912. The second-order valence-corrected chi connectivity index (χ2v) is 6.33. The van der Waals surface area contributed by atoms with Gasteiger partial charge in [0, 0.05) is 12.8 Å². The maximum Gasteiger partial charge on any atom is 0.259 e. The summed E-state index contributed by atoms with van der Waals surface area (Å²) in [5.74, 6) is 1.75. The molecule has 1 amide bonds. The molecule has 1 N–H and O–H groups in total. The lowest BCUT2D eigenvalue weighted by atomic mass is 10.2. The third kappa shape index (κ3) is 6.53. The maximum atomic E-state index is 12.7. The summed E-state index contributed by atoms with van der Waals surface area (Å²) in [6, 6.07) is 23.8. The van der Waals surface area contributed by atoms with E-state index >= 15 is 0 Å². The van der Waals surface area contributed by atoms with Crippen molar-refractivity contribution in [2.45, 2.75) is 0 Å². The topological polar surface area (TPSA) is 66.0 Å². The highest BCUT2D eigenvalue weighted by Gasteiger charge is 2.12. The second kappa shape index (κ2) is 11.5. The molecule has 6 nitrogen and oxygen atoms in total. The Morgan fingerprint density at radius 2 is 1.30 bits per heavy atom. The van der Waals surface area contributed by atoms with E-state index in [9.17, 15) is 4.79 Å². The minimum atomic E-state index is -0.248. The lowest BCUT2D eigenvalue weighted by molar-refractivity contribution is 0.102. The van der Waals surface area contributed by atoms with E-state index in [1.807, 2.05) is 36.4 Å². The SMILES string of the molecule is COCCOc1ccc(NC(=O)c2ccccc2OCCOc2ccccc2)cc1. The molecule has 3 aromatic carbocycles. The molecule has 30 heavy (non-hydrogen) atoms. The summed E-state index contributed by atoms with van der Waals surface area (Å²) in [5.41, 5.74) is 1.12. The minimum absolute atomic E-state index is 0.248. The fraction of sp³-hybridized carbons (Fsp3) is 0.208. The van der Waals surface area contributed by atoms with Crippen LogP contribution in [0.1, 0.15) is 10.4 Å². The van der Waals surface area contributed by atoms with E-state index in [1.165, 1.54) is 0 Å². The highest BCUT2D eigenvalue weighted by molar-refractivity contribution is 6.06. The maximum absolute atomic E-state index is 12.7. The van der Waals surface area contributed by atoms with Crippen molar-refractivity contribution in [3.8, 4) is 17.2 Å². The van der Waals surface area contributed by atoms with Crippen molar-refractivity contribution in [2.24, 2.45) is 0 Å². The van der Waals surface area contributed by atoms with Gasteiger partial charge in [-0.05, 0) is 48.5 Å². The van der Waals surface area contributed by atoms with Crippen LogP contribution in [0.15, 0.2) is 78.9 Å². The molecule has 0 radical (unpaired) electrons. The molecule has 0 saturated heterocycles. The number of nitrogens with one attached hydrogen (secondary N) is 1. The molecule has 0 unspecified atom stereocenters. The standard InChI is InChI=1S/C24H25NO5/c1-27-15-16-28-21-13-11-19(12-14-21)25-24(26)22-9-5-6-10-23(22)30-18-17-29-20-7-3-2-4-8-20/h2-14H,15-18H2,1H3,(H,25,26). The van der Waals surface area contributed by atoms with Crippen LogP contribution in [0.25, 0.3) is 0 Å². The van der Waals surface area contributed by atoms with E-state index < -0.39 is 0 Å². The number of benzene rings is 3. The molecule has 3 rings (SSSR count). The molecule has 6 heteroatoms. The Labute approximate surface area is 176 Å². The average molecular weight is 407 g/mol. The van der Waals surface area contributed by atoms with Gasteiger partial charge in [-0.25, -0.2) is 0 Å². The number of amides is 1. The molecule has 0 heterocycles. The molecule has 0 aliphatic heterocycles. The summed E-state index contributed by atoms with van der Waals surface area (Å²) in [7, 11) is 1.62. The van der Waals surface area contributed by atoms with Crippen molar-refractivity contribution in [3.05, 3.63) is 84.4 Å². The zero-order chi connectivity index (χ0) is 21.0. The van der Waals surface area contributed by atoms with Crippen LogP contribution < -0.4 is 19.5 Å². The van der Waals surface area contributed by atoms with Crippen LogP contribution in [-0.2, 0) is 4.74 Å². The molecule has 0 aliphatic rings. The molecule has 0 spiro atoms. The highest BCUT2D eigenvalue weighted by atomic mass is 16.5. The van der Waals surface area contributed by atoms with Gasteiger partial charge in [-0.3, -0.25) is 4.79 Å². The molecular formula is C24H25NO5. The van der Waals surface area contributed by atoms with Gasteiger partial charge < -0.3 is 24.3 Å².